The van der Waals surface area contributed by atoms with E-state index in [0.29, 0.717) is 25.9 Å². The monoisotopic (exact) mass is 528 g/mol. The molecule has 3 rings (SSSR count). The number of carbonyl (C=O) groups is 3. The molecular formula is C23H33BrN2O5S. The van der Waals surface area contributed by atoms with Crippen molar-refractivity contribution in [3.05, 3.63) is 25.3 Å². The van der Waals surface area contributed by atoms with Crippen molar-refractivity contribution in [2.75, 3.05) is 32.8 Å². The van der Waals surface area contributed by atoms with Crippen LogP contribution in [0.15, 0.2) is 25.3 Å². The largest absolute Gasteiger partial charge is 0.461 e. The zero-order valence-corrected chi connectivity index (χ0v) is 21.0. The van der Waals surface area contributed by atoms with Gasteiger partial charge in [0.1, 0.15) is 12.6 Å². The fourth-order valence-electron chi connectivity index (χ4n) is 5.37. The number of halogens is 1. The fraction of sp³-hybridized carbons (Fsp3) is 0.696. The van der Waals surface area contributed by atoms with E-state index in [4.69, 9.17) is 4.74 Å². The van der Waals surface area contributed by atoms with Crippen LogP contribution in [0.2, 0.25) is 0 Å². The van der Waals surface area contributed by atoms with Crippen LogP contribution in [-0.2, 0) is 19.1 Å². The summed E-state index contributed by atoms with van der Waals surface area (Å²) in [5.41, 5.74) is 0. The molecule has 0 radical (unpaired) electrons. The first-order valence-corrected chi connectivity index (χ1v) is 13.1. The van der Waals surface area contributed by atoms with Crippen LogP contribution in [0.5, 0.6) is 0 Å². The second kappa shape index (κ2) is 10.7. The Morgan fingerprint density at radius 3 is 2.75 bits per heavy atom. The zero-order chi connectivity index (χ0) is 23.5. The summed E-state index contributed by atoms with van der Waals surface area (Å²) in [6, 6.07) is -0.671. The van der Waals surface area contributed by atoms with Gasteiger partial charge in [0.2, 0.25) is 11.8 Å². The molecule has 3 fully saturated rings. The van der Waals surface area contributed by atoms with Gasteiger partial charge in [0.05, 0.1) is 16.6 Å². The molecule has 1 spiro atoms. The lowest BCUT2D eigenvalue weighted by atomic mass is 9.71. The van der Waals surface area contributed by atoms with Crippen LogP contribution in [0.1, 0.15) is 32.6 Å². The van der Waals surface area contributed by atoms with Crippen molar-refractivity contribution in [3.63, 3.8) is 0 Å². The molecule has 0 saturated carbocycles. The molecule has 178 valence electrons. The molecule has 0 aliphatic carbocycles. The highest BCUT2D eigenvalue weighted by Crippen LogP contribution is 2.68. The van der Waals surface area contributed by atoms with Crippen molar-refractivity contribution in [1.29, 1.82) is 0 Å². The van der Waals surface area contributed by atoms with Crippen LogP contribution in [0, 0.1) is 11.8 Å². The second-order valence-corrected chi connectivity index (χ2v) is 11.3. The number of alkyl halides is 1. The fourth-order valence-corrected chi connectivity index (χ4v) is 8.96. The highest BCUT2D eigenvalue weighted by Gasteiger charge is 2.76. The Labute approximate surface area is 202 Å². The quantitative estimate of drug-likeness (QED) is 0.237. The molecule has 6 atom stereocenters. The summed E-state index contributed by atoms with van der Waals surface area (Å²) in [4.78, 5) is 44.0. The molecule has 1 N–H and O–H groups in total. The maximum Gasteiger partial charge on any atom is 0.311 e. The summed E-state index contributed by atoms with van der Waals surface area (Å²) < 4.78 is 4.68. The first kappa shape index (κ1) is 25.3. The number of hydrogen-bond donors (Lipinski definition) is 1. The van der Waals surface area contributed by atoms with E-state index in [9.17, 15) is 19.5 Å². The highest BCUT2D eigenvalue weighted by atomic mass is 79.9. The number of unbranched alkanes of at least 4 members (excludes halogenated alkanes) is 1. The Kier molecular flexibility index (Phi) is 8.49. The number of amides is 2. The van der Waals surface area contributed by atoms with Crippen molar-refractivity contribution in [2.24, 2.45) is 11.8 Å². The van der Waals surface area contributed by atoms with Gasteiger partial charge in [-0.15, -0.1) is 18.3 Å². The number of carbonyl (C=O) groups excluding carboxylic acids is 3. The molecular weight excluding hydrogens is 496 g/mol. The number of likely N-dealkylation sites (tertiary alicyclic amines) is 1. The average Bonchev–Trinajstić information content (AvgIpc) is 3.36. The summed E-state index contributed by atoms with van der Waals surface area (Å²) in [5, 5.41) is 9.29. The lowest BCUT2D eigenvalue weighted by Gasteiger charge is -2.37. The maximum atomic E-state index is 13.9. The molecule has 3 aliphatic rings. The van der Waals surface area contributed by atoms with Gasteiger partial charge < -0.3 is 19.6 Å². The predicted molar refractivity (Wildman–Crippen MR) is 128 cm³/mol. The van der Waals surface area contributed by atoms with E-state index in [0.717, 1.165) is 12.8 Å². The smallest absolute Gasteiger partial charge is 0.311 e. The van der Waals surface area contributed by atoms with Gasteiger partial charge in [-0.3, -0.25) is 14.4 Å². The molecule has 3 aliphatic heterocycles. The molecule has 3 saturated heterocycles. The van der Waals surface area contributed by atoms with Crippen LogP contribution < -0.4 is 0 Å². The Bertz CT molecular complexity index is 765. The van der Waals surface area contributed by atoms with Gasteiger partial charge in [-0.05, 0) is 19.3 Å². The lowest BCUT2D eigenvalue weighted by molar-refractivity contribution is -0.153. The summed E-state index contributed by atoms with van der Waals surface area (Å²) in [5.74, 6) is -1.90. The number of aliphatic hydroxyl groups excluding tert-OH is 1. The molecule has 2 amide bonds. The van der Waals surface area contributed by atoms with Gasteiger partial charge in [0.25, 0.3) is 0 Å². The molecule has 0 aromatic heterocycles. The van der Waals surface area contributed by atoms with Crippen molar-refractivity contribution in [1.82, 2.24) is 9.80 Å². The minimum absolute atomic E-state index is 0.00872. The third kappa shape index (κ3) is 4.28. The molecule has 32 heavy (non-hydrogen) atoms. The minimum atomic E-state index is -0.689. The number of nitrogens with zero attached hydrogens (tertiary/aromatic N) is 2. The van der Waals surface area contributed by atoms with Crippen molar-refractivity contribution in [3.8, 4) is 0 Å². The first-order valence-electron chi connectivity index (χ1n) is 11.3. The van der Waals surface area contributed by atoms with Crippen molar-refractivity contribution < 1.29 is 24.2 Å². The number of esters is 1. The normalized spacial score (nSPS) is 32.7. The third-order valence-corrected chi connectivity index (χ3v) is 9.86. The highest BCUT2D eigenvalue weighted by molar-refractivity contribution is 9.09. The number of thioether (sulfide) groups is 1. The Balaban J connectivity index is 2.00. The number of aliphatic hydroxyl groups is 1. The van der Waals surface area contributed by atoms with Crippen molar-refractivity contribution in [2.45, 2.75) is 53.5 Å². The summed E-state index contributed by atoms with van der Waals surface area (Å²) in [6.45, 7) is 10.8. The molecule has 3 heterocycles. The maximum absolute atomic E-state index is 13.9. The molecule has 7 nitrogen and oxygen atoms in total. The number of fused-ring (bicyclic) bond motifs is 1. The topological polar surface area (TPSA) is 87.2 Å². The van der Waals surface area contributed by atoms with Crippen LogP contribution in [0.25, 0.3) is 0 Å². The van der Waals surface area contributed by atoms with Crippen molar-refractivity contribution >= 4 is 45.5 Å². The van der Waals surface area contributed by atoms with Crippen LogP contribution >= 0.6 is 27.7 Å². The first-order chi connectivity index (χ1) is 15.4. The number of hydrogen-bond acceptors (Lipinski definition) is 6. The number of rotatable bonds is 12. The zero-order valence-electron chi connectivity index (χ0n) is 18.6. The van der Waals surface area contributed by atoms with Gasteiger partial charge in [0, 0.05) is 36.3 Å². The van der Waals surface area contributed by atoms with Crippen LogP contribution in [0.4, 0.5) is 0 Å². The Morgan fingerprint density at radius 2 is 2.12 bits per heavy atom. The third-order valence-electron chi connectivity index (χ3n) is 6.64. The summed E-state index contributed by atoms with van der Waals surface area (Å²) in [6.07, 6.45) is 6.04. The van der Waals surface area contributed by atoms with Crippen LogP contribution in [0.3, 0.4) is 0 Å². The van der Waals surface area contributed by atoms with E-state index in [1.807, 2.05) is 0 Å². The number of ether oxygens (including phenoxy) is 1. The van der Waals surface area contributed by atoms with E-state index in [1.54, 1.807) is 27.6 Å². The predicted octanol–water partition coefficient (Wildman–Crippen LogP) is 2.38. The molecule has 9 heteroatoms. The SMILES string of the molecule is C=CCOC(=O)[C@H]1[C@@H]2SC3(CC2Br)C(C(=O)N(CC=C)CCCC)N(CCCO)C(=O)[C@H]13. The van der Waals surface area contributed by atoms with E-state index in [-0.39, 0.29) is 41.6 Å². The lowest BCUT2D eigenvalue weighted by Crippen LogP contribution is -2.55. The van der Waals surface area contributed by atoms with E-state index >= 15 is 0 Å². The standard InChI is InChI=1S/C23H33BrN2O5S/c1-4-7-10-25(9-5-2)21(29)19-23-14-15(24)18(32-23)16(22(30)31-13-6-3)17(23)20(28)26(19)11-8-12-27/h5-6,15-19,27H,2-4,7-14H2,1H3/t15?,16-,17+,18-,19?,23?/m1/s1. The Hall–Kier alpha value is -1.32. The summed E-state index contributed by atoms with van der Waals surface area (Å²) >= 11 is 5.32. The van der Waals surface area contributed by atoms with E-state index in [2.05, 4.69) is 36.0 Å². The summed E-state index contributed by atoms with van der Waals surface area (Å²) in [7, 11) is 0. The van der Waals surface area contributed by atoms with E-state index in [1.165, 1.54) is 6.08 Å². The molecule has 0 aromatic rings. The van der Waals surface area contributed by atoms with Gasteiger partial charge >= 0.3 is 5.97 Å². The van der Waals surface area contributed by atoms with Crippen LogP contribution in [-0.4, -0.2) is 86.4 Å². The van der Waals surface area contributed by atoms with Gasteiger partial charge in [-0.1, -0.05) is 48.0 Å². The molecule has 3 unspecified atom stereocenters. The molecule has 0 aromatic carbocycles. The second-order valence-electron chi connectivity index (χ2n) is 8.62. The van der Waals surface area contributed by atoms with Gasteiger partial charge in [0.15, 0.2) is 0 Å². The average molecular weight is 529 g/mol. The van der Waals surface area contributed by atoms with E-state index < -0.39 is 28.6 Å². The van der Waals surface area contributed by atoms with Gasteiger partial charge in [-0.25, -0.2) is 0 Å². The molecule has 2 bridgehead atoms. The Morgan fingerprint density at radius 1 is 1.38 bits per heavy atom. The minimum Gasteiger partial charge on any atom is -0.461 e. The van der Waals surface area contributed by atoms with Gasteiger partial charge in [-0.2, -0.15) is 0 Å².